The fraction of sp³-hybridized carbons (Fsp3) is 0.550. The van der Waals surface area contributed by atoms with Crippen LogP contribution in [0.3, 0.4) is 0 Å². The Bertz CT molecular complexity index is 715. The van der Waals surface area contributed by atoms with Crippen molar-refractivity contribution in [3.63, 3.8) is 0 Å². The number of carboxylic acids is 1. The second-order valence-corrected chi connectivity index (χ2v) is 8.33. The number of hydrogen-bond donors (Lipinski definition) is 2. The Labute approximate surface area is 164 Å². The van der Waals surface area contributed by atoms with Crippen LogP contribution in [-0.4, -0.2) is 52.9 Å². The van der Waals surface area contributed by atoms with Crippen molar-refractivity contribution in [3.8, 4) is 0 Å². The topological polar surface area (TPSA) is 105 Å². The maximum Gasteiger partial charge on any atom is 0.410 e. The molecule has 1 aromatic carbocycles. The molecule has 154 valence electrons. The molecule has 1 saturated heterocycles. The molecular weight excluding hydrogens is 364 g/mol. The molecule has 0 aliphatic carbocycles. The predicted molar refractivity (Wildman–Crippen MR) is 102 cm³/mol. The van der Waals surface area contributed by atoms with E-state index in [1.165, 1.54) is 4.90 Å². The molecule has 2 N–H and O–H groups in total. The van der Waals surface area contributed by atoms with Gasteiger partial charge in [-0.1, -0.05) is 30.3 Å². The Balaban J connectivity index is 2.02. The number of rotatable bonds is 4. The SMILES string of the molecule is CC(C)(C)OC(=O)N1C[C@@H](NC(=O)OCc2ccccc2)C[C@@](C)(C(=O)O)C1. The molecule has 1 heterocycles. The largest absolute Gasteiger partial charge is 0.481 e. The van der Waals surface area contributed by atoms with Gasteiger partial charge in [-0.3, -0.25) is 4.79 Å². The van der Waals surface area contributed by atoms with Crippen LogP contribution in [-0.2, 0) is 20.9 Å². The lowest BCUT2D eigenvalue weighted by Gasteiger charge is -2.42. The summed E-state index contributed by atoms with van der Waals surface area (Å²) in [6, 6.07) is 8.65. The van der Waals surface area contributed by atoms with Crippen LogP contribution < -0.4 is 5.32 Å². The van der Waals surface area contributed by atoms with Gasteiger partial charge in [-0.05, 0) is 39.7 Å². The number of nitrogens with zero attached hydrogens (tertiary/aromatic N) is 1. The summed E-state index contributed by atoms with van der Waals surface area (Å²) in [5.74, 6) is -1.04. The number of amides is 2. The number of likely N-dealkylation sites (tertiary alicyclic amines) is 1. The van der Waals surface area contributed by atoms with Crippen molar-refractivity contribution in [2.24, 2.45) is 5.41 Å². The van der Waals surface area contributed by atoms with Crippen LogP contribution in [0.15, 0.2) is 30.3 Å². The molecule has 8 nitrogen and oxygen atoms in total. The normalized spacial score (nSPS) is 22.3. The number of aliphatic carboxylic acids is 1. The number of alkyl carbamates (subject to hydrolysis) is 1. The van der Waals surface area contributed by atoms with Crippen molar-refractivity contribution < 1.29 is 29.0 Å². The highest BCUT2D eigenvalue weighted by Crippen LogP contribution is 2.31. The highest BCUT2D eigenvalue weighted by atomic mass is 16.6. The van der Waals surface area contributed by atoms with Crippen LogP contribution in [0.1, 0.15) is 39.7 Å². The highest BCUT2D eigenvalue weighted by molar-refractivity contribution is 5.77. The molecule has 0 saturated carbocycles. The quantitative estimate of drug-likeness (QED) is 0.816. The summed E-state index contributed by atoms with van der Waals surface area (Å²) in [6.07, 6.45) is -1.08. The fourth-order valence-electron chi connectivity index (χ4n) is 3.07. The fourth-order valence-corrected chi connectivity index (χ4v) is 3.07. The van der Waals surface area contributed by atoms with E-state index in [2.05, 4.69) is 5.32 Å². The van der Waals surface area contributed by atoms with Crippen LogP contribution in [0, 0.1) is 5.41 Å². The molecule has 8 heteroatoms. The van der Waals surface area contributed by atoms with E-state index in [1.807, 2.05) is 30.3 Å². The van der Waals surface area contributed by atoms with Crippen LogP contribution in [0.5, 0.6) is 0 Å². The van der Waals surface area contributed by atoms with Crippen LogP contribution >= 0.6 is 0 Å². The number of ether oxygens (including phenoxy) is 2. The zero-order chi connectivity index (χ0) is 20.9. The molecule has 1 fully saturated rings. The van der Waals surface area contributed by atoms with Gasteiger partial charge in [0.25, 0.3) is 0 Å². The van der Waals surface area contributed by atoms with Crippen molar-refractivity contribution in [3.05, 3.63) is 35.9 Å². The smallest absolute Gasteiger partial charge is 0.410 e. The van der Waals surface area contributed by atoms with Crippen LogP contribution in [0.4, 0.5) is 9.59 Å². The van der Waals surface area contributed by atoms with Crippen LogP contribution in [0.2, 0.25) is 0 Å². The molecule has 0 radical (unpaired) electrons. The van der Waals surface area contributed by atoms with E-state index in [1.54, 1.807) is 27.7 Å². The second-order valence-electron chi connectivity index (χ2n) is 8.33. The average molecular weight is 392 g/mol. The van der Waals surface area contributed by atoms with E-state index in [0.717, 1.165) is 5.56 Å². The summed E-state index contributed by atoms with van der Waals surface area (Å²) in [6.45, 7) is 7.03. The Morgan fingerprint density at radius 3 is 2.46 bits per heavy atom. The number of carboxylic acid groups (broad SMARTS) is 1. The molecule has 28 heavy (non-hydrogen) atoms. The van der Waals surface area contributed by atoms with Crippen molar-refractivity contribution in [1.82, 2.24) is 10.2 Å². The van der Waals surface area contributed by atoms with Gasteiger partial charge >= 0.3 is 18.2 Å². The number of carbonyl (C=O) groups excluding carboxylic acids is 2. The van der Waals surface area contributed by atoms with E-state index in [-0.39, 0.29) is 26.1 Å². The number of carbonyl (C=O) groups is 3. The van der Waals surface area contributed by atoms with Crippen molar-refractivity contribution in [2.75, 3.05) is 13.1 Å². The molecule has 1 aliphatic rings. The highest BCUT2D eigenvalue weighted by Gasteiger charge is 2.45. The summed E-state index contributed by atoms with van der Waals surface area (Å²) in [5, 5.41) is 12.3. The van der Waals surface area contributed by atoms with E-state index in [4.69, 9.17) is 9.47 Å². The second kappa shape index (κ2) is 8.50. The van der Waals surface area contributed by atoms with Gasteiger partial charge in [-0.15, -0.1) is 0 Å². The standard InChI is InChI=1S/C20H28N2O6/c1-19(2,3)28-18(26)22-11-15(10-20(4,13-22)16(23)24)21-17(25)27-12-14-8-6-5-7-9-14/h5-9,15H,10-13H2,1-4H3,(H,21,25)(H,23,24)/t15-,20+/m0/s1. The third-order valence-corrected chi connectivity index (χ3v) is 4.38. The number of hydrogen-bond acceptors (Lipinski definition) is 5. The first-order valence-corrected chi connectivity index (χ1v) is 9.17. The Morgan fingerprint density at radius 1 is 1.25 bits per heavy atom. The molecule has 1 aromatic rings. The maximum absolute atomic E-state index is 12.4. The Hall–Kier alpha value is -2.77. The zero-order valence-electron chi connectivity index (χ0n) is 16.7. The van der Waals surface area contributed by atoms with Gasteiger partial charge in [0.2, 0.25) is 0 Å². The van der Waals surface area contributed by atoms with Crippen molar-refractivity contribution >= 4 is 18.2 Å². The van der Waals surface area contributed by atoms with E-state index >= 15 is 0 Å². The minimum absolute atomic E-state index is 0.00842. The molecule has 0 unspecified atom stereocenters. The summed E-state index contributed by atoms with van der Waals surface area (Å²) >= 11 is 0. The summed E-state index contributed by atoms with van der Waals surface area (Å²) in [4.78, 5) is 37.7. The molecule has 2 rings (SSSR count). The Morgan fingerprint density at radius 2 is 1.89 bits per heavy atom. The molecule has 0 spiro atoms. The van der Waals surface area contributed by atoms with Gasteiger partial charge in [-0.2, -0.15) is 0 Å². The lowest BCUT2D eigenvalue weighted by atomic mass is 9.80. The first-order valence-electron chi connectivity index (χ1n) is 9.17. The van der Waals surface area contributed by atoms with Gasteiger partial charge in [0.15, 0.2) is 0 Å². The average Bonchev–Trinajstić information content (AvgIpc) is 2.59. The van der Waals surface area contributed by atoms with E-state index in [9.17, 15) is 19.5 Å². The lowest BCUT2D eigenvalue weighted by Crippen LogP contribution is -2.58. The van der Waals surface area contributed by atoms with Crippen LogP contribution in [0.25, 0.3) is 0 Å². The summed E-state index contributed by atoms with van der Waals surface area (Å²) in [5.41, 5.74) is -1.06. The lowest BCUT2D eigenvalue weighted by molar-refractivity contribution is -0.151. The molecule has 0 bridgehead atoms. The third kappa shape index (κ3) is 6.14. The third-order valence-electron chi connectivity index (χ3n) is 4.38. The van der Waals surface area contributed by atoms with Gasteiger partial charge in [0.1, 0.15) is 12.2 Å². The monoisotopic (exact) mass is 392 g/mol. The van der Waals surface area contributed by atoms with Gasteiger partial charge < -0.3 is 24.8 Å². The van der Waals surface area contributed by atoms with Gasteiger partial charge in [0.05, 0.1) is 11.5 Å². The number of benzene rings is 1. The summed E-state index contributed by atoms with van der Waals surface area (Å²) in [7, 11) is 0. The zero-order valence-corrected chi connectivity index (χ0v) is 16.7. The molecule has 1 aliphatic heterocycles. The molecule has 2 atom stereocenters. The maximum atomic E-state index is 12.4. The van der Waals surface area contributed by atoms with Crippen molar-refractivity contribution in [1.29, 1.82) is 0 Å². The molecular formula is C20H28N2O6. The molecule has 0 aromatic heterocycles. The Kier molecular flexibility index (Phi) is 6.53. The minimum atomic E-state index is -1.20. The van der Waals surface area contributed by atoms with Gasteiger partial charge in [-0.25, -0.2) is 9.59 Å². The minimum Gasteiger partial charge on any atom is -0.481 e. The molecule has 2 amide bonds. The first kappa shape index (κ1) is 21.5. The van der Waals surface area contributed by atoms with Crippen molar-refractivity contribution in [2.45, 2.75) is 52.4 Å². The van der Waals surface area contributed by atoms with E-state index in [0.29, 0.717) is 0 Å². The predicted octanol–water partition coefficient (Wildman–Crippen LogP) is 3.01. The van der Waals surface area contributed by atoms with E-state index < -0.39 is 35.2 Å². The summed E-state index contributed by atoms with van der Waals surface area (Å²) < 4.78 is 10.6. The number of piperidine rings is 1. The first-order chi connectivity index (χ1) is 13.0. The number of nitrogens with one attached hydrogen (secondary N) is 1. The van der Waals surface area contributed by atoms with Gasteiger partial charge in [0, 0.05) is 13.1 Å².